The van der Waals surface area contributed by atoms with Gasteiger partial charge in [0.25, 0.3) is 0 Å². The topological polar surface area (TPSA) is 79.3 Å². The first-order chi connectivity index (χ1) is 11.4. The van der Waals surface area contributed by atoms with Crippen molar-refractivity contribution in [2.45, 2.75) is 58.8 Å². The predicted octanol–water partition coefficient (Wildman–Crippen LogP) is 1.35. The van der Waals surface area contributed by atoms with Crippen LogP contribution in [-0.2, 0) is 17.9 Å². The molecule has 2 heterocycles. The number of imidazole rings is 1. The van der Waals surface area contributed by atoms with Crippen LogP contribution in [0.2, 0.25) is 0 Å². The number of carbonyl (C=O) groups excluding carboxylic acids is 2. The summed E-state index contributed by atoms with van der Waals surface area (Å²) in [6.45, 7) is 8.34. The summed E-state index contributed by atoms with van der Waals surface area (Å²) in [6, 6.07) is 0.0502. The molecule has 1 aliphatic carbocycles. The maximum absolute atomic E-state index is 12.1. The highest BCUT2D eigenvalue weighted by Crippen LogP contribution is 2.37. The van der Waals surface area contributed by atoms with E-state index in [1.54, 1.807) is 6.20 Å². The van der Waals surface area contributed by atoms with Crippen LogP contribution < -0.4 is 10.6 Å². The summed E-state index contributed by atoms with van der Waals surface area (Å²) in [5.41, 5.74) is 0. The van der Waals surface area contributed by atoms with Crippen molar-refractivity contribution in [2.75, 3.05) is 6.54 Å². The van der Waals surface area contributed by atoms with Crippen molar-refractivity contribution in [2.24, 2.45) is 11.8 Å². The van der Waals surface area contributed by atoms with Crippen molar-refractivity contribution < 1.29 is 9.59 Å². The third-order valence-electron chi connectivity index (χ3n) is 4.73. The molecule has 7 heteroatoms. The maximum Gasteiger partial charge on any atom is 0.315 e. The molecule has 3 rings (SSSR count). The third-order valence-corrected chi connectivity index (χ3v) is 4.73. The summed E-state index contributed by atoms with van der Waals surface area (Å²) in [4.78, 5) is 30.3. The van der Waals surface area contributed by atoms with E-state index in [1.807, 2.05) is 11.1 Å². The first kappa shape index (κ1) is 16.8. The monoisotopic (exact) mass is 333 g/mol. The van der Waals surface area contributed by atoms with Gasteiger partial charge in [0.2, 0.25) is 5.91 Å². The molecule has 1 saturated carbocycles. The Morgan fingerprint density at radius 2 is 2.21 bits per heavy atom. The Labute approximate surface area is 142 Å². The molecule has 3 amide bonds. The van der Waals surface area contributed by atoms with Crippen molar-refractivity contribution in [3.63, 3.8) is 0 Å². The molecule has 24 heavy (non-hydrogen) atoms. The zero-order valence-corrected chi connectivity index (χ0v) is 14.7. The van der Waals surface area contributed by atoms with Crippen molar-refractivity contribution in [1.82, 2.24) is 25.1 Å². The van der Waals surface area contributed by atoms with Gasteiger partial charge >= 0.3 is 6.03 Å². The Bertz CT molecular complexity index is 612. The Morgan fingerprint density at radius 1 is 1.46 bits per heavy atom. The van der Waals surface area contributed by atoms with Gasteiger partial charge in [-0.15, -0.1) is 0 Å². The van der Waals surface area contributed by atoms with E-state index in [1.165, 1.54) is 0 Å². The number of hydrogen-bond acceptors (Lipinski definition) is 3. The van der Waals surface area contributed by atoms with Gasteiger partial charge in [-0.05, 0) is 18.3 Å². The van der Waals surface area contributed by atoms with Gasteiger partial charge in [-0.1, -0.05) is 20.8 Å². The number of amides is 3. The van der Waals surface area contributed by atoms with E-state index in [9.17, 15) is 9.59 Å². The molecule has 1 aromatic rings. The number of nitrogens with zero attached hydrogens (tertiary/aromatic N) is 3. The SMILES string of the molecule is CC(C)Cn1ccnc1CNC(=O)N[C@@H]1CC(=O)N([C@@H]2C[C@H]2C)C1. The summed E-state index contributed by atoms with van der Waals surface area (Å²) in [5.74, 6) is 2.12. The Kier molecular flexibility index (Phi) is 4.78. The van der Waals surface area contributed by atoms with E-state index >= 15 is 0 Å². The quantitative estimate of drug-likeness (QED) is 0.825. The lowest BCUT2D eigenvalue weighted by Gasteiger charge is -2.17. The normalized spacial score (nSPS) is 26.1. The molecule has 0 aromatic carbocycles. The van der Waals surface area contributed by atoms with Crippen LogP contribution in [0.4, 0.5) is 4.79 Å². The molecule has 0 spiro atoms. The number of rotatable bonds is 6. The van der Waals surface area contributed by atoms with E-state index in [0.29, 0.717) is 37.4 Å². The Balaban J connectivity index is 1.45. The maximum atomic E-state index is 12.1. The van der Waals surface area contributed by atoms with Crippen LogP contribution in [0.3, 0.4) is 0 Å². The first-order valence-electron chi connectivity index (χ1n) is 8.78. The molecule has 0 bridgehead atoms. The fourth-order valence-electron chi connectivity index (χ4n) is 3.35. The van der Waals surface area contributed by atoms with Crippen LogP contribution in [0.1, 0.15) is 39.4 Å². The van der Waals surface area contributed by atoms with Gasteiger partial charge in [0.15, 0.2) is 0 Å². The third kappa shape index (κ3) is 3.88. The fraction of sp³-hybridized carbons (Fsp3) is 0.706. The van der Waals surface area contributed by atoms with Gasteiger partial charge in [-0.3, -0.25) is 4.79 Å². The molecule has 2 N–H and O–H groups in total. The number of hydrogen-bond donors (Lipinski definition) is 2. The minimum absolute atomic E-state index is 0.0966. The molecule has 0 unspecified atom stereocenters. The molecule has 0 radical (unpaired) electrons. The average Bonchev–Trinajstić information content (AvgIpc) is 2.90. The van der Waals surface area contributed by atoms with Gasteiger partial charge in [0.05, 0.1) is 12.6 Å². The molecule has 2 aliphatic rings. The number of nitrogens with one attached hydrogen (secondary N) is 2. The van der Waals surface area contributed by atoms with Crippen LogP contribution in [0.25, 0.3) is 0 Å². The average molecular weight is 333 g/mol. The highest BCUT2D eigenvalue weighted by Gasteiger charge is 2.44. The summed E-state index contributed by atoms with van der Waals surface area (Å²) in [6.07, 6.45) is 5.17. The van der Waals surface area contributed by atoms with Crippen LogP contribution in [0, 0.1) is 11.8 Å². The second kappa shape index (κ2) is 6.83. The largest absolute Gasteiger partial charge is 0.337 e. The molecular weight excluding hydrogens is 306 g/mol. The molecule has 1 aliphatic heterocycles. The van der Waals surface area contributed by atoms with Crippen LogP contribution in [0.15, 0.2) is 12.4 Å². The van der Waals surface area contributed by atoms with Gasteiger partial charge in [0.1, 0.15) is 5.82 Å². The standard InChI is InChI=1S/C17H27N5O2/c1-11(2)9-21-5-4-18-15(21)8-19-17(24)20-13-7-16(23)22(10-13)14-6-12(14)3/h4-5,11-14H,6-10H2,1-3H3,(H2,19,20,24)/t12-,13-,14-/m1/s1. The number of likely N-dealkylation sites (tertiary alicyclic amines) is 1. The predicted molar refractivity (Wildman–Crippen MR) is 90.1 cm³/mol. The summed E-state index contributed by atoms with van der Waals surface area (Å²) in [5, 5.41) is 5.76. The van der Waals surface area contributed by atoms with Gasteiger partial charge < -0.3 is 20.1 Å². The van der Waals surface area contributed by atoms with Crippen LogP contribution >= 0.6 is 0 Å². The van der Waals surface area contributed by atoms with Crippen molar-refractivity contribution in [3.05, 3.63) is 18.2 Å². The Hall–Kier alpha value is -2.05. The van der Waals surface area contributed by atoms with Gasteiger partial charge in [-0.25, -0.2) is 9.78 Å². The van der Waals surface area contributed by atoms with E-state index in [-0.39, 0.29) is 18.0 Å². The van der Waals surface area contributed by atoms with Gasteiger partial charge in [0, 0.05) is 37.9 Å². The number of carbonyl (C=O) groups is 2. The lowest BCUT2D eigenvalue weighted by atomic mass is 10.2. The number of urea groups is 1. The van der Waals surface area contributed by atoms with Crippen molar-refractivity contribution >= 4 is 11.9 Å². The van der Waals surface area contributed by atoms with E-state index in [4.69, 9.17) is 0 Å². The van der Waals surface area contributed by atoms with Crippen molar-refractivity contribution in [1.29, 1.82) is 0 Å². The molecular formula is C17H27N5O2. The Morgan fingerprint density at radius 3 is 2.88 bits per heavy atom. The summed E-state index contributed by atoms with van der Waals surface area (Å²) in [7, 11) is 0. The minimum Gasteiger partial charge on any atom is -0.337 e. The second-order valence-electron chi connectivity index (χ2n) is 7.44. The van der Waals surface area contributed by atoms with Crippen LogP contribution in [-0.4, -0.2) is 45.0 Å². The van der Waals surface area contributed by atoms with E-state index in [2.05, 4.69) is 41.0 Å². The van der Waals surface area contributed by atoms with E-state index < -0.39 is 0 Å². The lowest BCUT2D eigenvalue weighted by molar-refractivity contribution is -0.128. The lowest BCUT2D eigenvalue weighted by Crippen LogP contribution is -2.43. The number of aromatic nitrogens is 2. The highest BCUT2D eigenvalue weighted by molar-refractivity contribution is 5.82. The summed E-state index contributed by atoms with van der Waals surface area (Å²) >= 11 is 0. The van der Waals surface area contributed by atoms with E-state index in [0.717, 1.165) is 18.8 Å². The fourth-order valence-corrected chi connectivity index (χ4v) is 3.35. The molecule has 3 atom stereocenters. The highest BCUT2D eigenvalue weighted by atomic mass is 16.2. The van der Waals surface area contributed by atoms with Crippen LogP contribution in [0.5, 0.6) is 0 Å². The van der Waals surface area contributed by atoms with Crippen molar-refractivity contribution in [3.8, 4) is 0 Å². The summed E-state index contributed by atoms with van der Waals surface area (Å²) < 4.78 is 2.06. The molecule has 2 fully saturated rings. The minimum atomic E-state index is -0.238. The second-order valence-corrected chi connectivity index (χ2v) is 7.44. The first-order valence-corrected chi connectivity index (χ1v) is 8.78. The molecule has 7 nitrogen and oxygen atoms in total. The zero-order chi connectivity index (χ0) is 17.3. The molecule has 132 valence electrons. The molecule has 1 saturated heterocycles. The smallest absolute Gasteiger partial charge is 0.315 e. The zero-order valence-electron chi connectivity index (χ0n) is 14.7. The molecule has 1 aromatic heterocycles. The van der Waals surface area contributed by atoms with Gasteiger partial charge in [-0.2, -0.15) is 0 Å².